The molecule has 2 fully saturated rings. The first-order valence-corrected chi connectivity index (χ1v) is 15.0. The van der Waals surface area contributed by atoms with Gasteiger partial charge in [-0.1, -0.05) is 56.5 Å². The maximum atomic E-state index is 14.9. The average molecular weight is 497 g/mol. The molecule has 0 bridgehead atoms. The van der Waals surface area contributed by atoms with Crippen LogP contribution in [0.1, 0.15) is 63.4 Å². The second-order valence-electron chi connectivity index (χ2n) is 10.1. The van der Waals surface area contributed by atoms with Gasteiger partial charge < -0.3 is 4.74 Å². The maximum Gasteiger partial charge on any atom is 0.573 e. The van der Waals surface area contributed by atoms with Crippen molar-refractivity contribution >= 4 is 8.80 Å². The normalized spacial score (nSPS) is 25.8. The maximum absolute atomic E-state index is 14.9. The number of ether oxygens (including phenoxy) is 1. The summed E-state index contributed by atoms with van der Waals surface area (Å²) < 4.78 is 70.8. The van der Waals surface area contributed by atoms with Gasteiger partial charge >= 0.3 is 6.36 Å². The highest BCUT2D eigenvalue weighted by atomic mass is 28.3. The molecule has 0 spiro atoms. The summed E-state index contributed by atoms with van der Waals surface area (Å²) >= 11 is 0. The highest BCUT2D eigenvalue weighted by Crippen LogP contribution is 2.44. The van der Waals surface area contributed by atoms with Gasteiger partial charge in [-0.2, -0.15) is 0 Å². The third-order valence-electron chi connectivity index (χ3n) is 7.94. The molecule has 1 aliphatic heterocycles. The number of halogens is 5. The lowest BCUT2D eigenvalue weighted by atomic mass is 9.72. The summed E-state index contributed by atoms with van der Waals surface area (Å²) in [4.78, 5) is 0. The fraction of sp³-hybridized carbons (Fsp3) is 0.556. The summed E-state index contributed by atoms with van der Waals surface area (Å²) in [7, 11) is -0.476. The monoisotopic (exact) mass is 496 g/mol. The van der Waals surface area contributed by atoms with Gasteiger partial charge in [0.1, 0.15) is 17.4 Å². The Labute approximate surface area is 200 Å². The predicted molar refractivity (Wildman–Crippen MR) is 128 cm³/mol. The zero-order valence-corrected chi connectivity index (χ0v) is 20.8. The van der Waals surface area contributed by atoms with Crippen molar-refractivity contribution in [2.24, 2.45) is 11.8 Å². The van der Waals surface area contributed by atoms with Crippen LogP contribution >= 0.6 is 0 Å². The smallest absolute Gasteiger partial charge is 0.406 e. The third kappa shape index (κ3) is 6.21. The Bertz CT molecular complexity index is 919. The van der Waals surface area contributed by atoms with E-state index in [2.05, 4.69) is 11.7 Å². The van der Waals surface area contributed by atoms with Crippen molar-refractivity contribution in [2.45, 2.75) is 82.3 Å². The highest BCUT2D eigenvalue weighted by Gasteiger charge is 2.32. The van der Waals surface area contributed by atoms with Gasteiger partial charge in [0.05, 0.1) is 5.56 Å². The molecule has 1 aliphatic carbocycles. The van der Waals surface area contributed by atoms with E-state index in [0.29, 0.717) is 5.56 Å². The van der Waals surface area contributed by atoms with E-state index < -0.39 is 32.5 Å². The molecular weight excluding hydrogens is 463 g/mol. The Hall–Kier alpha value is -1.89. The molecule has 186 valence electrons. The van der Waals surface area contributed by atoms with Gasteiger partial charge in [-0.25, -0.2) is 8.78 Å². The topological polar surface area (TPSA) is 9.23 Å². The minimum absolute atomic E-state index is 0.155. The molecule has 1 nitrogen and oxygen atoms in total. The summed E-state index contributed by atoms with van der Waals surface area (Å²) in [5.41, 5.74) is 0.652. The van der Waals surface area contributed by atoms with Gasteiger partial charge in [0.15, 0.2) is 0 Å². The highest BCUT2D eigenvalue weighted by molar-refractivity contribution is 6.58. The number of alkyl halides is 3. The average Bonchev–Trinajstić information content (AvgIpc) is 2.80. The molecule has 1 saturated heterocycles. The van der Waals surface area contributed by atoms with E-state index in [1.165, 1.54) is 61.7 Å². The van der Waals surface area contributed by atoms with Crippen LogP contribution in [-0.2, 0) is 0 Å². The van der Waals surface area contributed by atoms with Crippen molar-refractivity contribution in [3.05, 3.63) is 53.6 Å². The lowest BCUT2D eigenvalue weighted by Crippen LogP contribution is -2.28. The van der Waals surface area contributed by atoms with Crippen LogP contribution in [0.15, 0.2) is 36.4 Å². The SMILES string of the molecule is CCC[Si@H]1CC[C@H]([C@H]2CC[C@H](c3cc(F)c(-c4ccc(OC(F)(F)F)cc4)c(F)c3)CC2)CC1. The van der Waals surface area contributed by atoms with E-state index in [4.69, 9.17) is 0 Å². The van der Waals surface area contributed by atoms with Crippen LogP contribution in [0.5, 0.6) is 5.75 Å². The van der Waals surface area contributed by atoms with Crippen LogP contribution < -0.4 is 4.74 Å². The van der Waals surface area contributed by atoms with Crippen LogP contribution in [0.4, 0.5) is 22.0 Å². The van der Waals surface area contributed by atoms with Crippen LogP contribution in [-0.4, -0.2) is 15.2 Å². The first-order valence-electron chi connectivity index (χ1n) is 12.6. The standard InChI is InChI=1S/C27H33F5OSi/c1-2-13-34-14-11-20(12-15-34)18-3-5-19(6-4-18)22-16-24(28)26(25(29)17-22)21-7-9-23(10-8-21)33-27(30,31)32/h7-10,16-20,34H,2-6,11-15H2,1H3/t18-,19-,20-,34-. The van der Waals surface area contributed by atoms with Gasteiger partial charge in [0.2, 0.25) is 0 Å². The molecule has 2 aromatic carbocycles. The van der Waals surface area contributed by atoms with E-state index in [1.807, 2.05) is 0 Å². The first kappa shape index (κ1) is 25.2. The molecule has 0 unspecified atom stereocenters. The van der Waals surface area contributed by atoms with E-state index in [9.17, 15) is 22.0 Å². The predicted octanol–water partition coefficient (Wildman–Crippen LogP) is 8.85. The fourth-order valence-electron chi connectivity index (χ4n) is 6.21. The number of hydrogen-bond acceptors (Lipinski definition) is 1. The molecule has 0 N–H and O–H groups in total. The molecule has 0 atom stereocenters. The van der Waals surface area contributed by atoms with Crippen molar-refractivity contribution in [3.63, 3.8) is 0 Å². The Kier molecular flexibility index (Phi) is 8.00. The van der Waals surface area contributed by atoms with Crippen molar-refractivity contribution in [3.8, 4) is 16.9 Å². The van der Waals surface area contributed by atoms with Gasteiger partial charge in [-0.15, -0.1) is 13.2 Å². The molecule has 1 saturated carbocycles. The van der Waals surface area contributed by atoms with E-state index in [1.54, 1.807) is 0 Å². The number of hydrogen-bond donors (Lipinski definition) is 0. The van der Waals surface area contributed by atoms with Gasteiger partial charge in [0.25, 0.3) is 0 Å². The zero-order chi connectivity index (χ0) is 24.3. The van der Waals surface area contributed by atoms with E-state index in [0.717, 1.165) is 49.7 Å². The van der Waals surface area contributed by atoms with Crippen LogP contribution in [0.25, 0.3) is 11.1 Å². The molecule has 0 amide bonds. The van der Waals surface area contributed by atoms with Gasteiger partial charge in [0, 0.05) is 8.80 Å². The molecule has 0 radical (unpaired) electrons. The summed E-state index contributed by atoms with van der Waals surface area (Å²) in [6.07, 6.45) is 3.46. The minimum atomic E-state index is -4.81. The molecular formula is C27H33F5OSi. The lowest BCUT2D eigenvalue weighted by Gasteiger charge is -2.37. The zero-order valence-electron chi connectivity index (χ0n) is 19.6. The second-order valence-corrected chi connectivity index (χ2v) is 13.6. The molecule has 4 rings (SSSR count). The quantitative estimate of drug-likeness (QED) is 0.287. The Morgan fingerprint density at radius 3 is 1.94 bits per heavy atom. The molecule has 0 aromatic heterocycles. The van der Waals surface area contributed by atoms with E-state index in [-0.39, 0.29) is 17.0 Å². The molecule has 2 aromatic rings. The largest absolute Gasteiger partial charge is 0.573 e. The molecule has 1 heterocycles. The third-order valence-corrected chi connectivity index (χ3v) is 11.6. The molecule has 34 heavy (non-hydrogen) atoms. The minimum Gasteiger partial charge on any atom is -0.406 e. The lowest BCUT2D eigenvalue weighted by molar-refractivity contribution is -0.274. The number of rotatable bonds is 6. The van der Waals surface area contributed by atoms with Crippen LogP contribution in [0.2, 0.25) is 18.1 Å². The summed E-state index contributed by atoms with van der Waals surface area (Å²) in [6.45, 7) is 2.29. The van der Waals surface area contributed by atoms with Crippen molar-refractivity contribution < 1.29 is 26.7 Å². The second kappa shape index (κ2) is 10.8. The van der Waals surface area contributed by atoms with Gasteiger partial charge in [-0.3, -0.25) is 0 Å². The summed E-state index contributed by atoms with van der Waals surface area (Å²) in [5, 5.41) is 0. The van der Waals surface area contributed by atoms with Crippen molar-refractivity contribution in [1.82, 2.24) is 0 Å². The first-order chi connectivity index (χ1) is 16.2. The van der Waals surface area contributed by atoms with Crippen LogP contribution in [0, 0.1) is 23.5 Å². The Morgan fingerprint density at radius 2 is 1.41 bits per heavy atom. The Morgan fingerprint density at radius 1 is 0.853 bits per heavy atom. The molecule has 2 aliphatic rings. The summed E-state index contributed by atoms with van der Waals surface area (Å²) in [5.74, 6) is -0.0446. The Balaban J connectivity index is 1.38. The summed E-state index contributed by atoms with van der Waals surface area (Å²) in [6, 6.07) is 11.9. The number of benzene rings is 2. The van der Waals surface area contributed by atoms with Crippen molar-refractivity contribution in [1.29, 1.82) is 0 Å². The van der Waals surface area contributed by atoms with E-state index >= 15 is 0 Å². The fourth-order valence-corrected chi connectivity index (χ4v) is 9.69. The van der Waals surface area contributed by atoms with Crippen LogP contribution in [0.3, 0.4) is 0 Å². The molecule has 7 heteroatoms. The van der Waals surface area contributed by atoms with Gasteiger partial charge in [-0.05, 0) is 78.8 Å². The van der Waals surface area contributed by atoms with Crippen molar-refractivity contribution in [2.75, 3.05) is 0 Å².